The number of hydrogen-bond acceptors (Lipinski definition) is 5. The Labute approximate surface area is 238 Å². The Kier molecular flexibility index (Phi) is 7.89. The number of benzene rings is 3. The highest BCUT2D eigenvalue weighted by molar-refractivity contribution is 14.1. The zero-order chi connectivity index (χ0) is 25.3. The summed E-state index contributed by atoms with van der Waals surface area (Å²) >= 11 is 12.2. The van der Waals surface area contributed by atoms with Gasteiger partial charge in [-0.2, -0.15) is 0 Å². The van der Waals surface area contributed by atoms with Gasteiger partial charge in [-0.05, 0) is 105 Å². The minimum atomic E-state index is -0.858. The van der Waals surface area contributed by atoms with Crippen molar-refractivity contribution in [2.45, 2.75) is 0 Å². The number of carbonyl (C=O) groups is 4. The summed E-state index contributed by atoms with van der Waals surface area (Å²) in [5, 5.41) is 2.19. The average Bonchev–Trinajstić information content (AvgIpc) is 2.80. The molecule has 0 bridgehead atoms. The fourth-order valence-corrected chi connectivity index (χ4v) is 5.13. The van der Waals surface area contributed by atoms with Gasteiger partial charge >= 0.3 is 12.0 Å². The highest BCUT2D eigenvalue weighted by Crippen LogP contribution is 2.36. The molecule has 4 rings (SSSR count). The fraction of sp³-hybridized carbons (Fsp3) is 0. The summed E-state index contributed by atoms with van der Waals surface area (Å²) in [5.41, 5.74) is 0.591. The molecule has 0 radical (unpaired) electrons. The molecule has 1 aliphatic rings. The SMILES string of the molecule is O=C1NC(=O)N(c2ccc(I)cc2)C(=O)/C1=C\c1cc(Br)cc(Br)c1OC(=O)c1ccc(Br)cc1. The quantitative estimate of drug-likeness (QED) is 0.108. The third kappa shape index (κ3) is 5.74. The van der Waals surface area contributed by atoms with Crippen LogP contribution >= 0.6 is 70.4 Å². The zero-order valence-electron chi connectivity index (χ0n) is 17.4. The van der Waals surface area contributed by atoms with Crippen LogP contribution in [-0.2, 0) is 9.59 Å². The van der Waals surface area contributed by atoms with Crippen molar-refractivity contribution >= 4 is 106 Å². The molecule has 1 saturated heterocycles. The van der Waals surface area contributed by atoms with Crippen molar-refractivity contribution in [1.82, 2.24) is 5.32 Å². The van der Waals surface area contributed by atoms with E-state index in [2.05, 4.69) is 75.7 Å². The second-order valence-corrected chi connectivity index (χ2v) is 11.1. The Balaban J connectivity index is 1.74. The number of urea groups is 1. The minimum absolute atomic E-state index is 0.104. The molecule has 0 aliphatic carbocycles. The van der Waals surface area contributed by atoms with Gasteiger partial charge in [-0.15, -0.1) is 0 Å². The first-order valence-electron chi connectivity index (χ1n) is 9.78. The second-order valence-electron chi connectivity index (χ2n) is 7.14. The standard InChI is InChI=1S/C24H12Br3IN2O5/c25-14-3-1-12(2-4-14)23(33)35-20-13(9-15(26)11-19(20)27)10-18-21(31)29-24(34)30(22(18)32)17-7-5-16(28)6-8-17/h1-11H,(H,29,31,34)/b18-10-. The number of ether oxygens (including phenoxy) is 1. The maximum atomic E-state index is 13.2. The first-order chi connectivity index (χ1) is 16.6. The van der Waals surface area contributed by atoms with Gasteiger partial charge in [0.15, 0.2) is 5.75 Å². The molecule has 0 atom stereocenters. The van der Waals surface area contributed by atoms with E-state index >= 15 is 0 Å². The number of rotatable bonds is 4. The molecule has 1 fully saturated rings. The zero-order valence-corrected chi connectivity index (χ0v) is 24.3. The third-order valence-electron chi connectivity index (χ3n) is 4.80. The smallest absolute Gasteiger partial charge is 0.343 e. The highest BCUT2D eigenvalue weighted by Gasteiger charge is 2.37. The molecule has 11 heteroatoms. The van der Waals surface area contributed by atoms with Gasteiger partial charge in [0.25, 0.3) is 11.8 Å². The van der Waals surface area contributed by atoms with Crippen molar-refractivity contribution in [3.63, 3.8) is 0 Å². The maximum Gasteiger partial charge on any atom is 0.343 e. The molecule has 35 heavy (non-hydrogen) atoms. The van der Waals surface area contributed by atoms with Crippen molar-refractivity contribution in [2.75, 3.05) is 4.90 Å². The van der Waals surface area contributed by atoms with Crippen molar-refractivity contribution in [1.29, 1.82) is 0 Å². The molecule has 1 heterocycles. The van der Waals surface area contributed by atoms with Crippen LogP contribution in [0.3, 0.4) is 0 Å². The summed E-state index contributed by atoms with van der Waals surface area (Å²) in [6, 6.07) is 15.7. The van der Waals surface area contributed by atoms with Gasteiger partial charge in [0, 0.05) is 18.1 Å². The summed E-state index contributed by atoms with van der Waals surface area (Å²) < 4.78 is 8.36. The number of hydrogen-bond donors (Lipinski definition) is 1. The van der Waals surface area contributed by atoms with E-state index in [0.29, 0.717) is 20.2 Å². The molecule has 176 valence electrons. The number of anilines is 1. The number of nitrogens with zero attached hydrogens (tertiary/aromatic N) is 1. The predicted octanol–water partition coefficient (Wildman–Crippen LogP) is 6.46. The summed E-state index contributed by atoms with van der Waals surface area (Å²) in [4.78, 5) is 51.9. The van der Waals surface area contributed by atoms with Crippen LogP contribution in [0.5, 0.6) is 5.75 Å². The molecule has 3 aromatic carbocycles. The van der Waals surface area contributed by atoms with Crippen LogP contribution in [0.2, 0.25) is 0 Å². The molecule has 3 aromatic rings. The van der Waals surface area contributed by atoms with Crippen LogP contribution in [0.4, 0.5) is 10.5 Å². The topological polar surface area (TPSA) is 92.8 Å². The van der Waals surface area contributed by atoms with Crippen LogP contribution < -0.4 is 15.0 Å². The fourth-order valence-electron chi connectivity index (χ4n) is 3.17. The highest BCUT2D eigenvalue weighted by atomic mass is 127. The summed E-state index contributed by atoms with van der Waals surface area (Å²) in [6.45, 7) is 0. The molecule has 1 aliphatic heterocycles. The lowest BCUT2D eigenvalue weighted by Gasteiger charge is -2.26. The van der Waals surface area contributed by atoms with E-state index < -0.39 is 23.8 Å². The average molecular weight is 775 g/mol. The van der Waals surface area contributed by atoms with Crippen molar-refractivity contribution in [2.24, 2.45) is 0 Å². The Hall–Kier alpha value is -2.35. The first-order valence-corrected chi connectivity index (χ1v) is 13.2. The molecule has 0 saturated carbocycles. The van der Waals surface area contributed by atoms with E-state index in [0.717, 1.165) is 12.9 Å². The number of nitrogens with one attached hydrogen (secondary N) is 1. The Bertz CT molecular complexity index is 1410. The first kappa shape index (κ1) is 25.7. The number of barbiturate groups is 1. The largest absolute Gasteiger partial charge is 0.421 e. The number of halogens is 4. The summed E-state index contributed by atoms with van der Waals surface area (Å²) in [5.74, 6) is -2.19. The van der Waals surface area contributed by atoms with Gasteiger partial charge < -0.3 is 4.74 Å². The third-order valence-corrected chi connectivity index (χ3v) is 7.09. The molecule has 0 aromatic heterocycles. The van der Waals surface area contributed by atoms with Crippen molar-refractivity contribution < 1.29 is 23.9 Å². The summed E-state index contributed by atoms with van der Waals surface area (Å²) in [7, 11) is 0. The van der Waals surface area contributed by atoms with Crippen molar-refractivity contribution in [3.05, 3.63) is 94.4 Å². The number of amides is 4. The maximum absolute atomic E-state index is 13.2. The van der Waals surface area contributed by atoms with Crippen molar-refractivity contribution in [3.8, 4) is 5.75 Å². The van der Waals surface area contributed by atoms with Gasteiger partial charge in [-0.25, -0.2) is 14.5 Å². The molecular weight excluding hydrogens is 763 g/mol. The van der Waals surface area contributed by atoms with Crippen LogP contribution in [0.25, 0.3) is 6.08 Å². The molecule has 1 N–H and O–H groups in total. The summed E-state index contributed by atoms with van der Waals surface area (Å²) in [6.07, 6.45) is 1.28. The van der Waals surface area contributed by atoms with Gasteiger partial charge in [0.2, 0.25) is 0 Å². The Morgan fingerprint density at radius 3 is 2.23 bits per heavy atom. The monoisotopic (exact) mass is 772 g/mol. The number of imide groups is 2. The lowest BCUT2D eigenvalue weighted by atomic mass is 10.1. The second kappa shape index (κ2) is 10.7. The number of carbonyl (C=O) groups excluding carboxylic acids is 4. The van der Waals surface area contributed by atoms with Crippen LogP contribution in [0, 0.1) is 3.57 Å². The van der Waals surface area contributed by atoms with Gasteiger partial charge in [-0.1, -0.05) is 31.9 Å². The van der Waals surface area contributed by atoms with E-state index in [1.165, 1.54) is 6.08 Å². The molecule has 0 spiro atoms. The minimum Gasteiger partial charge on any atom is -0.421 e. The van der Waals surface area contributed by atoms with Crippen LogP contribution in [-0.4, -0.2) is 23.8 Å². The van der Waals surface area contributed by atoms with Gasteiger partial charge in [0.05, 0.1) is 15.7 Å². The van der Waals surface area contributed by atoms with E-state index in [1.54, 1.807) is 60.7 Å². The Morgan fingerprint density at radius 1 is 0.914 bits per heavy atom. The van der Waals surface area contributed by atoms with E-state index in [9.17, 15) is 19.2 Å². The lowest BCUT2D eigenvalue weighted by molar-refractivity contribution is -0.122. The predicted molar refractivity (Wildman–Crippen MR) is 149 cm³/mol. The van der Waals surface area contributed by atoms with Crippen LogP contribution in [0.15, 0.2) is 79.7 Å². The molecule has 7 nitrogen and oxygen atoms in total. The normalized spacial score (nSPS) is 14.8. The van der Waals surface area contributed by atoms with Gasteiger partial charge in [-0.3, -0.25) is 14.9 Å². The number of esters is 1. The van der Waals surface area contributed by atoms with E-state index in [1.807, 2.05) is 0 Å². The molecule has 0 unspecified atom stereocenters. The molecule has 4 amide bonds. The lowest BCUT2D eigenvalue weighted by Crippen LogP contribution is -2.54. The van der Waals surface area contributed by atoms with E-state index in [-0.39, 0.29) is 16.9 Å². The molecular formula is C24H12Br3IN2O5. The van der Waals surface area contributed by atoms with Gasteiger partial charge in [0.1, 0.15) is 5.57 Å². The Morgan fingerprint density at radius 2 is 1.57 bits per heavy atom. The van der Waals surface area contributed by atoms with E-state index in [4.69, 9.17) is 4.74 Å². The van der Waals surface area contributed by atoms with Crippen LogP contribution in [0.1, 0.15) is 15.9 Å².